The van der Waals surface area contributed by atoms with Crippen molar-refractivity contribution in [1.29, 1.82) is 0 Å². The quantitative estimate of drug-likeness (QED) is 0.825. The Balaban J connectivity index is 2.21. The van der Waals surface area contributed by atoms with Crippen molar-refractivity contribution in [2.75, 3.05) is 17.6 Å². The van der Waals surface area contributed by atoms with Crippen molar-refractivity contribution in [2.45, 2.75) is 16.7 Å². The molecule has 0 saturated heterocycles. The fraction of sp³-hybridized carbons (Fsp3) is 0.200. The molecule has 0 amide bonds. The molecule has 0 atom stereocenters. The van der Waals surface area contributed by atoms with Gasteiger partial charge in [-0.2, -0.15) is 0 Å². The molecule has 0 spiro atoms. The normalized spacial score (nSPS) is 11.1. The van der Waals surface area contributed by atoms with Crippen LogP contribution in [0.15, 0.2) is 58.3 Å². The van der Waals surface area contributed by atoms with Gasteiger partial charge in [0.15, 0.2) is 0 Å². The van der Waals surface area contributed by atoms with E-state index in [1.165, 1.54) is 12.1 Å². The Kier molecular flexibility index (Phi) is 5.14. The Morgan fingerprint density at radius 1 is 1.14 bits per heavy atom. The van der Waals surface area contributed by atoms with E-state index >= 15 is 0 Å². The van der Waals surface area contributed by atoms with Gasteiger partial charge < -0.3 is 4.74 Å². The van der Waals surface area contributed by atoms with Crippen LogP contribution >= 0.6 is 11.8 Å². The molecule has 0 radical (unpaired) electrons. The first-order chi connectivity index (χ1) is 10.0. The van der Waals surface area contributed by atoms with Crippen molar-refractivity contribution in [3.63, 3.8) is 0 Å². The van der Waals surface area contributed by atoms with E-state index in [1.54, 1.807) is 36.0 Å². The van der Waals surface area contributed by atoms with Gasteiger partial charge in [0.25, 0.3) is 10.0 Å². The molecule has 0 fully saturated rings. The van der Waals surface area contributed by atoms with Crippen LogP contribution < -0.4 is 9.46 Å². The molecule has 0 heterocycles. The molecule has 6 heteroatoms. The van der Waals surface area contributed by atoms with Gasteiger partial charge in [-0.25, -0.2) is 8.42 Å². The summed E-state index contributed by atoms with van der Waals surface area (Å²) >= 11 is 1.56. The van der Waals surface area contributed by atoms with Crippen LogP contribution in [0, 0.1) is 0 Å². The smallest absolute Gasteiger partial charge is 0.261 e. The van der Waals surface area contributed by atoms with Crippen LogP contribution in [0.5, 0.6) is 5.75 Å². The molecule has 2 rings (SSSR count). The summed E-state index contributed by atoms with van der Waals surface area (Å²) in [6, 6.07) is 13.6. The maximum Gasteiger partial charge on any atom is 0.261 e. The number of benzene rings is 2. The van der Waals surface area contributed by atoms with Gasteiger partial charge in [-0.05, 0) is 55.6 Å². The highest BCUT2D eigenvalue weighted by Crippen LogP contribution is 2.22. The fourth-order valence-electron chi connectivity index (χ4n) is 1.78. The van der Waals surface area contributed by atoms with Crippen LogP contribution in [-0.2, 0) is 10.0 Å². The summed E-state index contributed by atoms with van der Waals surface area (Å²) in [6.45, 7) is 2.43. The minimum absolute atomic E-state index is 0.209. The van der Waals surface area contributed by atoms with Gasteiger partial charge in [0.05, 0.1) is 11.5 Å². The lowest BCUT2D eigenvalue weighted by molar-refractivity contribution is 0.340. The lowest BCUT2D eigenvalue weighted by Gasteiger charge is -2.10. The summed E-state index contributed by atoms with van der Waals surface area (Å²) in [5.74, 6) is 0.654. The first-order valence-corrected chi connectivity index (χ1v) is 9.15. The van der Waals surface area contributed by atoms with Crippen LogP contribution in [0.2, 0.25) is 0 Å². The molecule has 0 bridgehead atoms. The second-order valence-electron chi connectivity index (χ2n) is 4.24. The van der Waals surface area contributed by atoms with Crippen molar-refractivity contribution < 1.29 is 13.2 Å². The summed E-state index contributed by atoms with van der Waals surface area (Å²) in [5.41, 5.74) is 0.552. The highest BCUT2D eigenvalue weighted by Gasteiger charge is 2.14. The lowest BCUT2D eigenvalue weighted by Crippen LogP contribution is -2.12. The van der Waals surface area contributed by atoms with Crippen molar-refractivity contribution in [3.8, 4) is 5.75 Å². The monoisotopic (exact) mass is 323 g/mol. The highest BCUT2D eigenvalue weighted by atomic mass is 32.2. The van der Waals surface area contributed by atoms with E-state index in [1.807, 2.05) is 25.3 Å². The molecule has 21 heavy (non-hydrogen) atoms. The summed E-state index contributed by atoms with van der Waals surface area (Å²) in [5, 5.41) is 0. The minimum atomic E-state index is -3.58. The third kappa shape index (κ3) is 4.15. The predicted octanol–water partition coefficient (Wildman–Crippen LogP) is 3.61. The average Bonchev–Trinajstić information content (AvgIpc) is 2.48. The molecule has 2 aromatic carbocycles. The van der Waals surface area contributed by atoms with E-state index < -0.39 is 10.0 Å². The number of hydrogen-bond acceptors (Lipinski definition) is 4. The van der Waals surface area contributed by atoms with Crippen LogP contribution in [0.1, 0.15) is 6.92 Å². The van der Waals surface area contributed by atoms with Crippen LogP contribution in [-0.4, -0.2) is 21.3 Å². The minimum Gasteiger partial charge on any atom is -0.494 e. The molecular weight excluding hydrogens is 306 g/mol. The molecular formula is C15H17NO3S2. The maximum absolute atomic E-state index is 12.3. The number of ether oxygens (including phenoxy) is 1. The molecule has 0 unspecified atom stereocenters. The zero-order valence-electron chi connectivity index (χ0n) is 11.9. The summed E-state index contributed by atoms with van der Waals surface area (Å²) < 4.78 is 32.5. The predicted molar refractivity (Wildman–Crippen MR) is 86.6 cm³/mol. The van der Waals surface area contributed by atoms with Crippen LogP contribution in [0.3, 0.4) is 0 Å². The van der Waals surface area contributed by atoms with Gasteiger partial charge in [-0.3, -0.25) is 4.72 Å². The van der Waals surface area contributed by atoms with E-state index in [0.717, 1.165) is 4.90 Å². The third-order valence-electron chi connectivity index (χ3n) is 2.77. The van der Waals surface area contributed by atoms with E-state index in [4.69, 9.17) is 4.74 Å². The Morgan fingerprint density at radius 2 is 1.86 bits per heavy atom. The van der Waals surface area contributed by atoms with E-state index in [9.17, 15) is 8.42 Å². The zero-order valence-corrected chi connectivity index (χ0v) is 13.5. The van der Waals surface area contributed by atoms with Gasteiger partial charge in [0.1, 0.15) is 5.75 Å². The average molecular weight is 323 g/mol. The number of hydrogen-bond donors (Lipinski definition) is 1. The van der Waals surface area contributed by atoms with Gasteiger partial charge in [-0.15, -0.1) is 11.8 Å². The van der Waals surface area contributed by atoms with E-state index in [-0.39, 0.29) is 4.90 Å². The molecule has 0 aromatic heterocycles. The van der Waals surface area contributed by atoms with E-state index in [0.29, 0.717) is 18.0 Å². The molecule has 1 N–H and O–H groups in total. The number of sulfonamides is 1. The molecule has 0 aliphatic heterocycles. The fourth-order valence-corrected chi connectivity index (χ4v) is 3.29. The SMILES string of the molecule is CCOc1ccc(S(=O)(=O)Nc2cccc(SC)c2)cc1. The van der Waals surface area contributed by atoms with Crippen molar-refractivity contribution in [3.05, 3.63) is 48.5 Å². The maximum atomic E-state index is 12.3. The number of nitrogens with one attached hydrogen (secondary N) is 1. The van der Waals surface area contributed by atoms with Gasteiger partial charge in [-0.1, -0.05) is 6.07 Å². The topological polar surface area (TPSA) is 55.4 Å². The molecule has 2 aromatic rings. The number of anilines is 1. The number of rotatable bonds is 6. The van der Waals surface area contributed by atoms with Crippen molar-refractivity contribution in [1.82, 2.24) is 0 Å². The number of thioether (sulfide) groups is 1. The Labute approximate surface area is 129 Å². The van der Waals surface area contributed by atoms with Crippen molar-refractivity contribution >= 4 is 27.5 Å². The first-order valence-electron chi connectivity index (χ1n) is 6.45. The second kappa shape index (κ2) is 6.87. The van der Waals surface area contributed by atoms with Gasteiger partial charge in [0, 0.05) is 10.6 Å². The Hall–Kier alpha value is -1.66. The summed E-state index contributed by atoms with van der Waals surface area (Å²) in [7, 11) is -3.58. The molecule has 4 nitrogen and oxygen atoms in total. The first kappa shape index (κ1) is 15.7. The van der Waals surface area contributed by atoms with E-state index in [2.05, 4.69) is 4.72 Å². The standard InChI is InChI=1S/C15H17NO3S2/c1-3-19-13-7-9-15(10-8-13)21(17,18)16-12-5-4-6-14(11-12)20-2/h4-11,16H,3H2,1-2H3. The zero-order chi connectivity index (χ0) is 15.3. The third-order valence-corrected chi connectivity index (χ3v) is 4.89. The van der Waals surface area contributed by atoms with Gasteiger partial charge in [0.2, 0.25) is 0 Å². The largest absolute Gasteiger partial charge is 0.494 e. The van der Waals surface area contributed by atoms with Crippen molar-refractivity contribution in [2.24, 2.45) is 0 Å². The Bertz CT molecular complexity index is 697. The Morgan fingerprint density at radius 3 is 2.48 bits per heavy atom. The summed E-state index contributed by atoms with van der Waals surface area (Å²) in [4.78, 5) is 1.21. The highest BCUT2D eigenvalue weighted by molar-refractivity contribution is 7.98. The molecule has 0 aliphatic rings. The molecule has 112 valence electrons. The second-order valence-corrected chi connectivity index (χ2v) is 6.80. The van der Waals surface area contributed by atoms with Crippen LogP contribution in [0.4, 0.5) is 5.69 Å². The van der Waals surface area contributed by atoms with Crippen LogP contribution in [0.25, 0.3) is 0 Å². The lowest BCUT2D eigenvalue weighted by atomic mass is 10.3. The molecule has 0 saturated carbocycles. The molecule has 0 aliphatic carbocycles. The summed E-state index contributed by atoms with van der Waals surface area (Å²) in [6.07, 6.45) is 1.94. The van der Waals surface area contributed by atoms with Gasteiger partial charge >= 0.3 is 0 Å².